The van der Waals surface area contributed by atoms with Gasteiger partial charge in [0.1, 0.15) is 0 Å². The summed E-state index contributed by atoms with van der Waals surface area (Å²) in [6.07, 6.45) is 0.535. The predicted molar refractivity (Wildman–Crippen MR) is 58.2 cm³/mol. The highest BCUT2D eigenvalue weighted by molar-refractivity contribution is 5.90. The minimum Gasteiger partial charge on any atom is -0.481 e. The van der Waals surface area contributed by atoms with Crippen LogP contribution in [0.1, 0.15) is 30.5 Å². The van der Waals surface area contributed by atoms with Crippen LogP contribution in [0.2, 0.25) is 0 Å². The quantitative estimate of drug-likeness (QED) is 0.702. The highest BCUT2D eigenvalue weighted by atomic mass is 16.4. The molecule has 0 radical (unpaired) electrons. The molecule has 1 rings (SSSR count). The van der Waals surface area contributed by atoms with E-state index in [0.29, 0.717) is 12.2 Å². The van der Waals surface area contributed by atoms with Crippen LogP contribution >= 0.6 is 0 Å². The van der Waals surface area contributed by atoms with Crippen LogP contribution in [-0.2, 0) is 9.59 Å². The molecule has 0 aliphatic rings. The van der Waals surface area contributed by atoms with Crippen LogP contribution in [0.15, 0.2) is 0 Å². The molecule has 16 heavy (non-hydrogen) atoms. The molecule has 0 aliphatic carbocycles. The van der Waals surface area contributed by atoms with Crippen molar-refractivity contribution in [3.05, 3.63) is 11.3 Å². The second kappa shape index (κ2) is 5.29. The van der Waals surface area contributed by atoms with Gasteiger partial charge in [0, 0.05) is 24.1 Å². The Labute approximate surface area is 93.1 Å². The van der Waals surface area contributed by atoms with Gasteiger partial charge in [0.15, 0.2) is 5.82 Å². The summed E-state index contributed by atoms with van der Waals surface area (Å²) in [6.45, 7) is 3.72. The first-order chi connectivity index (χ1) is 7.50. The SMILES string of the molecule is Cc1[nH]nc(NC(=O)CCCC(=O)O)c1C. The molecule has 3 N–H and O–H groups in total. The van der Waals surface area contributed by atoms with E-state index >= 15 is 0 Å². The molecule has 0 aromatic carbocycles. The molecule has 0 bridgehead atoms. The average molecular weight is 225 g/mol. The number of rotatable bonds is 5. The lowest BCUT2D eigenvalue weighted by molar-refractivity contribution is -0.137. The van der Waals surface area contributed by atoms with Crippen molar-refractivity contribution in [2.75, 3.05) is 5.32 Å². The zero-order valence-electron chi connectivity index (χ0n) is 9.33. The smallest absolute Gasteiger partial charge is 0.303 e. The molecule has 0 unspecified atom stereocenters. The number of carbonyl (C=O) groups is 2. The van der Waals surface area contributed by atoms with E-state index in [4.69, 9.17) is 5.11 Å². The van der Waals surface area contributed by atoms with Gasteiger partial charge in [-0.25, -0.2) is 0 Å². The van der Waals surface area contributed by atoms with Gasteiger partial charge in [-0.1, -0.05) is 0 Å². The number of carbonyl (C=O) groups excluding carboxylic acids is 1. The Morgan fingerprint density at radius 1 is 1.38 bits per heavy atom. The van der Waals surface area contributed by atoms with Crippen molar-refractivity contribution in [3.63, 3.8) is 0 Å². The van der Waals surface area contributed by atoms with Crippen LogP contribution in [0.4, 0.5) is 5.82 Å². The Hall–Kier alpha value is -1.85. The van der Waals surface area contributed by atoms with Crippen LogP contribution < -0.4 is 5.32 Å². The molecule has 1 aromatic heterocycles. The van der Waals surface area contributed by atoms with E-state index in [1.54, 1.807) is 0 Å². The second-order valence-electron chi connectivity index (χ2n) is 3.62. The normalized spacial score (nSPS) is 10.1. The Bertz CT molecular complexity index is 398. The second-order valence-corrected chi connectivity index (χ2v) is 3.62. The first kappa shape index (κ1) is 12.2. The van der Waals surface area contributed by atoms with Crippen LogP contribution in [-0.4, -0.2) is 27.2 Å². The van der Waals surface area contributed by atoms with E-state index in [1.807, 2.05) is 13.8 Å². The average Bonchev–Trinajstić information content (AvgIpc) is 2.49. The number of carboxylic acids is 1. The summed E-state index contributed by atoms with van der Waals surface area (Å²) < 4.78 is 0. The largest absolute Gasteiger partial charge is 0.481 e. The molecule has 6 heteroatoms. The van der Waals surface area contributed by atoms with Crippen molar-refractivity contribution in [2.24, 2.45) is 0 Å². The minimum atomic E-state index is -0.889. The molecule has 6 nitrogen and oxygen atoms in total. The molecular weight excluding hydrogens is 210 g/mol. The lowest BCUT2D eigenvalue weighted by Gasteiger charge is -2.01. The first-order valence-electron chi connectivity index (χ1n) is 5.04. The van der Waals surface area contributed by atoms with Gasteiger partial charge in [0.05, 0.1) is 0 Å². The van der Waals surface area contributed by atoms with Gasteiger partial charge in [0.2, 0.25) is 5.91 Å². The summed E-state index contributed by atoms with van der Waals surface area (Å²) in [5.41, 5.74) is 1.80. The number of aromatic amines is 1. The molecule has 1 amide bonds. The minimum absolute atomic E-state index is 0.00595. The maximum absolute atomic E-state index is 11.4. The fourth-order valence-electron chi connectivity index (χ4n) is 1.20. The van der Waals surface area contributed by atoms with Gasteiger partial charge in [-0.3, -0.25) is 14.7 Å². The first-order valence-corrected chi connectivity index (χ1v) is 5.04. The maximum Gasteiger partial charge on any atom is 0.303 e. The summed E-state index contributed by atoms with van der Waals surface area (Å²) in [7, 11) is 0. The molecule has 0 aliphatic heterocycles. The topological polar surface area (TPSA) is 95.1 Å². The van der Waals surface area contributed by atoms with Crippen LogP contribution in [0.5, 0.6) is 0 Å². The van der Waals surface area contributed by atoms with Gasteiger partial charge in [-0.2, -0.15) is 5.10 Å². The van der Waals surface area contributed by atoms with Crippen LogP contribution in [0.25, 0.3) is 0 Å². The molecular formula is C10H15N3O3. The van der Waals surface area contributed by atoms with Crippen molar-refractivity contribution < 1.29 is 14.7 Å². The predicted octanol–water partition coefficient (Wildman–Crippen LogP) is 1.22. The Balaban J connectivity index is 2.40. The summed E-state index contributed by atoms with van der Waals surface area (Å²) >= 11 is 0. The number of H-pyrrole nitrogens is 1. The Kier molecular flexibility index (Phi) is 4.04. The fourth-order valence-corrected chi connectivity index (χ4v) is 1.20. The van der Waals surface area contributed by atoms with Crippen LogP contribution in [0, 0.1) is 13.8 Å². The molecule has 0 saturated carbocycles. The molecule has 1 heterocycles. The number of nitrogens with one attached hydrogen (secondary N) is 2. The van der Waals surface area contributed by atoms with Gasteiger partial charge in [-0.15, -0.1) is 0 Å². The number of nitrogens with zero attached hydrogens (tertiary/aromatic N) is 1. The van der Waals surface area contributed by atoms with E-state index in [-0.39, 0.29) is 18.7 Å². The van der Waals surface area contributed by atoms with Crippen molar-refractivity contribution in [2.45, 2.75) is 33.1 Å². The Morgan fingerprint density at radius 2 is 2.06 bits per heavy atom. The van der Waals surface area contributed by atoms with E-state index in [1.165, 1.54) is 0 Å². The number of hydrogen-bond acceptors (Lipinski definition) is 3. The highest BCUT2D eigenvalue weighted by Gasteiger charge is 2.09. The summed E-state index contributed by atoms with van der Waals surface area (Å²) in [4.78, 5) is 21.6. The molecule has 0 saturated heterocycles. The molecule has 0 fully saturated rings. The summed E-state index contributed by atoms with van der Waals surface area (Å²) in [5.74, 6) is -0.590. The molecule has 88 valence electrons. The van der Waals surface area contributed by atoms with Gasteiger partial charge < -0.3 is 10.4 Å². The van der Waals surface area contributed by atoms with Gasteiger partial charge >= 0.3 is 5.97 Å². The Morgan fingerprint density at radius 3 is 2.56 bits per heavy atom. The van der Waals surface area contributed by atoms with E-state index in [0.717, 1.165) is 11.3 Å². The number of aliphatic carboxylic acids is 1. The summed E-state index contributed by atoms with van der Waals surface area (Å²) in [6, 6.07) is 0. The third-order valence-electron chi connectivity index (χ3n) is 2.31. The third-order valence-corrected chi connectivity index (χ3v) is 2.31. The van der Waals surface area contributed by atoms with Crippen molar-refractivity contribution >= 4 is 17.7 Å². The zero-order valence-corrected chi connectivity index (χ0v) is 9.33. The van der Waals surface area contributed by atoms with Crippen molar-refractivity contribution in [1.29, 1.82) is 0 Å². The van der Waals surface area contributed by atoms with Gasteiger partial charge in [-0.05, 0) is 20.3 Å². The van der Waals surface area contributed by atoms with Crippen LogP contribution in [0.3, 0.4) is 0 Å². The van der Waals surface area contributed by atoms with E-state index < -0.39 is 5.97 Å². The monoisotopic (exact) mass is 225 g/mol. The number of aryl methyl sites for hydroxylation is 1. The molecule has 0 atom stereocenters. The highest BCUT2D eigenvalue weighted by Crippen LogP contribution is 2.14. The molecule has 1 aromatic rings. The fraction of sp³-hybridized carbons (Fsp3) is 0.500. The van der Waals surface area contributed by atoms with Crippen molar-refractivity contribution in [3.8, 4) is 0 Å². The number of aromatic nitrogens is 2. The lowest BCUT2D eigenvalue weighted by atomic mass is 10.2. The maximum atomic E-state index is 11.4. The van der Waals surface area contributed by atoms with E-state index in [9.17, 15) is 9.59 Å². The third kappa shape index (κ3) is 3.38. The number of hydrogen-bond donors (Lipinski definition) is 3. The summed E-state index contributed by atoms with van der Waals surface area (Å²) in [5, 5.41) is 17.7. The van der Waals surface area contributed by atoms with E-state index in [2.05, 4.69) is 15.5 Å². The van der Waals surface area contributed by atoms with Gasteiger partial charge in [0.25, 0.3) is 0 Å². The number of carboxylic acid groups (broad SMARTS) is 1. The zero-order chi connectivity index (χ0) is 12.1. The van der Waals surface area contributed by atoms with Crippen molar-refractivity contribution in [1.82, 2.24) is 10.2 Å². The lowest BCUT2D eigenvalue weighted by Crippen LogP contribution is -2.12. The number of anilines is 1. The standard InChI is InChI=1S/C10H15N3O3/c1-6-7(2)12-13-10(6)11-8(14)4-3-5-9(15)16/h3-5H2,1-2H3,(H,15,16)(H2,11,12,13,14). The number of amides is 1. The molecule has 0 spiro atoms.